The maximum absolute atomic E-state index is 13.1. The summed E-state index contributed by atoms with van der Waals surface area (Å²) in [7, 11) is 0. The quantitative estimate of drug-likeness (QED) is 0.102. The predicted molar refractivity (Wildman–Crippen MR) is 164 cm³/mol. The molecule has 8 nitrogen and oxygen atoms in total. The Bertz CT molecular complexity index is 868. The topological polar surface area (TPSA) is 102 Å². The van der Waals surface area contributed by atoms with Gasteiger partial charge in [-0.05, 0) is 38.5 Å². The van der Waals surface area contributed by atoms with Gasteiger partial charge >= 0.3 is 11.9 Å². The second-order valence-corrected chi connectivity index (χ2v) is 10.6. The average molecular weight is 575 g/mol. The minimum atomic E-state index is -0.613. The molecule has 1 rings (SSSR count). The van der Waals surface area contributed by atoms with Gasteiger partial charge in [0.05, 0.1) is 13.2 Å². The Morgan fingerprint density at radius 2 is 1.12 bits per heavy atom. The lowest BCUT2D eigenvalue weighted by atomic mass is 10.0. The van der Waals surface area contributed by atoms with Crippen molar-refractivity contribution in [3.8, 4) is 0 Å². The van der Waals surface area contributed by atoms with E-state index < -0.39 is 17.8 Å². The van der Waals surface area contributed by atoms with Gasteiger partial charge in [-0.25, -0.2) is 0 Å². The highest BCUT2D eigenvalue weighted by atomic mass is 16.5. The van der Waals surface area contributed by atoms with Crippen molar-refractivity contribution < 1.29 is 28.7 Å². The van der Waals surface area contributed by atoms with Gasteiger partial charge in [0.25, 0.3) is 5.91 Å². The highest BCUT2D eigenvalue weighted by Gasteiger charge is 2.23. The van der Waals surface area contributed by atoms with E-state index in [2.05, 4.69) is 12.2 Å². The second kappa shape index (κ2) is 23.8. The van der Waals surface area contributed by atoms with Crippen LogP contribution in [0.25, 0.3) is 0 Å². The van der Waals surface area contributed by atoms with Crippen molar-refractivity contribution in [2.75, 3.05) is 31.6 Å². The van der Waals surface area contributed by atoms with Gasteiger partial charge in [0.2, 0.25) is 5.91 Å². The first kappa shape index (κ1) is 36.1. The van der Waals surface area contributed by atoms with Crippen molar-refractivity contribution in [2.45, 2.75) is 124 Å². The number of hydrogen-bond donors (Lipinski definition) is 1. The van der Waals surface area contributed by atoms with Gasteiger partial charge in [-0.2, -0.15) is 0 Å². The van der Waals surface area contributed by atoms with E-state index in [-0.39, 0.29) is 37.8 Å². The summed E-state index contributed by atoms with van der Waals surface area (Å²) >= 11 is 0. The van der Waals surface area contributed by atoms with Crippen LogP contribution in [0, 0.1) is 0 Å². The first-order valence-corrected chi connectivity index (χ1v) is 15.9. The van der Waals surface area contributed by atoms with E-state index >= 15 is 0 Å². The van der Waals surface area contributed by atoms with Crippen molar-refractivity contribution in [2.24, 2.45) is 0 Å². The SMILES string of the molecule is CCCCCCCCCCCCCCCCCC(=O)Nc1cccc(C(=O)N(CC(=O)OCC)CC(=O)OCC)c1. The Hall–Kier alpha value is -2.90. The normalized spacial score (nSPS) is 10.7. The van der Waals surface area contributed by atoms with Gasteiger partial charge in [-0.15, -0.1) is 0 Å². The van der Waals surface area contributed by atoms with E-state index in [1.807, 2.05) is 0 Å². The number of anilines is 1. The first-order valence-electron chi connectivity index (χ1n) is 15.9. The average Bonchev–Trinajstić information content (AvgIpc) is 2.94. The lowest BCUT2D eigenvalue weighted by molar-refractivity contribution is -0.147. The molecule has 1 N–H and O–H groups in total. The van der Waals surface area contributed by atoms with Crippen molar-refractivity contribution in [3.63, 3.8) is 0 Å². The molecule has 0 aliphatic carbocycles. The third kappa shape index (κ3) is 18.2. The lowest BCUT2D eigenvalue weighted by Crippen LogP contribution is -2.40. The number of nitrogens with zero attached hydrogens (tertiary/aromatic N) is 1. The number of benzene rings is 1. The zero-order valence-electron chi connectivity index (χ0n) is 25.8. The molecule has 0 aromatic heterocycles. The monoisotopic (exact) mass is 574 g/mol. The molecule has 41 heavy (non-hydrogen) atoms. The number of unbranched alkanes of at least 4 members (excludes halogenated alkanes) is 14. The van der Waals surface area contributed by atoms with Crippen LogP contribution in [0.2, 0.25) is 0 Å². The maximum Gasteiger partial charge on any atom is 0.325 e. The maximum atomic E-state index is 13.1. The lowest BCUT2D eigenvalue weighted by Gasteiger charge is -2.21. The van der Waals surface area contributed by atoms with Crippen LogP contribution >= 0.6 is 0 Å². The Morgan fingerprint density at radius 3 is 1.59 bits per heavy atom. The fraction of sp³-hybridized carbons (Fsp3) is 0.697. The summed E-state index contributed by atoms with van der Waals surface area (Å²) in [5, 5.41) is 2.85. The number of rotatable bonds is 24. The minimum absolute atomic E-state index is 0.0980. The van der Waals surface area contributed by atoms with Gasteiger partial charge in [-0.3, -0.25) is 19.2 Å². The van der Waals surface area contributed by atoms with Gasteiger partial charge < -0.3 is 19.7 Å². The number of carbonyl (C=O) groups excluding carboxylic acids is 4. The van der Waals surface area contributed by atoms with E-state index in [1.54, 1.807) is 38.1 Å². The van der Waals surface area contributed by atoms with Crippen LogP contribution in [0.15, 0.2) is 24.3 Å². The largest absolute Gasteiger partial charge is 0.465 e. The molecular weight excluding hydrogens is 520 g/mol. The van der Waals surface area contributed by atoms with Crippen molar-refractivity contribution in [3.05, 3.63) is 29.8 Å². The number of esters is 2. The zero-order chi connectivity index (χ0) is 30.1. The van der Waals surface area contributed by atoms with Crippen LogP contribution in [-0.4, -0.2) is 55.0 Å². The highest BCUT2D eigenvalue weighted by Crippen LogP contribution is 2.16. The van der Waals surface area contributed by atoms with Crippen molar-refractivity contribution >= 4 is 29.4 Å². The van der Waals surface area contributed by atoms with Gasteiger partial charge in [0.1, 0.15) is 13.1 Å². The van der Waals surface area contributed by atoms with Crippen LogP contribution in [0.3, 0.4) is 0 Å². The molecule has 0 spiro atoms. The van der Waals surface area contributed by atoms with Crippen LogP contribution in [0.5, 0.6) is 0 Å². The summed E-state index contributed by atoms with van der Waals surface area (Å²) in [6.45, 7) is 5.18. The minimum Gasteiger partial charge on any atom is -0.465 e. The Morgan fingerprint density at radius 1 is 0.659 bits per heavy atom. The molecule has 232 valence electrons. The molecule has 0 aliphatic rings. The first-order chi connectivity index (χ1) is 19.9. The van der Waals surface area contributed by atoms with Crippen LogP contribution in [0.4, 0.5) is 5.69 Å². The molecule has 0 unspecified atom stereocenters. The Kier molecular flexibility index (Phi) is 20.9. The third-order valence-corrected chi connectivity index (χ3v) is 6.94. The standard InChI is InChI=1S/C33H54N2O6/c1-4-7-8-9-10-11-12-13-14-15-16-17-18-19-20-24-30(36)34-29-23-21-22-28(25-29)33(39)35(26-31(37)40-5-2)27-32(38)41-6-3/h21-23,25H,4-20,24,26-27H2,1-3H3,(H,34,36). The van der Waals surface area contributed by atoms with Gasteiger partial charge in [0.15, 0.2) is 0 Å². The summed E-state index contributed by atoms with van der Waals surface area (Å²) < 4.78 is 9.88. The number of carbonyl (C=O) groups is 4. The number of amides is 2. The predicted octanol–water partition coefficient (Wildman–Crippen LogP) is 7.46. The van der Waals surface area contributed by atoms with E-state index in [1.165, 1.54) is 77.0 Å². The fourth-order valence-electron chi connectivity index (χ4n) is 4.72. The zero-order valence-corrected chi connectivity index (χ0v) is 25.8. The van der Waals surface area contributed by atoms with Crippen LogP contribution in [-0.2, 0) is 23.9 Å². The second-order valence-electron chi connectivity index (χ2n) is 10.6. The number of ether oxygens (including phenoxy) is 2. The highest BCUT2D eigenvalue weighted by molar-refractivity contribution is 5.99. The Balaban J connectivity index is 2.33. The molecule has 0 saturated carbocycles. The molecule has 0 bridgehead atoms. The molecule has 1 aromatic carbocycles. The van der Waals surface area contributed by atoms with Crippen molar-refractivity contribution in [1.82, 2.24) is 4.90 Å². The third-order valence-electron chi connectivity index (χ3n) is 6.94. The number of nitrogens with one attached hydrogen (secondary N) is 1. The summed E-state index contributed by atoms with van der Waals surface area (Å²) in [6.07, 6.45) is 19.5. The summed E-state index contributed by atoms with van der Waals surface area (Å²) in [5.41, 5.74) is 0.748. The summed E-state index contributed by atoms with van der Waals surface area (Å²) in [4.78, 5) is 50.6. The van der Waals surface area contributed by atoms with E-state index in [0.717, 1.165) is 24.2 Å². The van der Waals surface area contributed by atoms with E-state index in [0.29, 0.717) is 12.1 Å². The molecule has 0 radical (unpaired) electrons. The van der Waals surface area contributed by atoms with Gasteiger partial charge in [-0.1, -0.05) is 103 Å². The molecule has 0 atom stereocenters. The molecule has 0 fully saturated rings. The molecule has 8 heteroatoms. The molecule has 1 aromatic rings. The van der Waals surface area contributed by atoms with Crippen LogP contribution < -0.4 is 5.32 Å². The van der Waals surface area contributed by atoms with E-state index in [9.17, 15) is 19.2 Å². The molecular formula is C33H54N2O6. The molecule has 0 saturated heterocycles. The summed E-state index contributed by atoms with van der Waals surface area (Å²) in [5.74, 6) is -1.85. The molecule has 0 aliphatic heterocycles. The van der Waals surface area contributed by atoms with E-state index in [4.69, 9.17) is 9.47 Å². The van der Waals surface area contributed by atoms with Crippen LogP contribution in [0.1, 0.15) is 134 Å². The molecule has 2 amide bonds. The Labute approximate surface area is 247 Å². The van der Waals surface area contributed by atoms with Gasteiger partial charge in [0, 0.05) is 17.7 Å². The smallest absolute Gasteiger partial charge is 0.325 e. The van der Waals surface area contributed by atoms with Crippen molar-refractivity contribution in [1.29, 1.82) is 0 Å². The summed E-state index contributed by atoms with van der Waals surface area (Å²) in [6, 6.07) is 6.50. The molecule has 0 heterocycles. The fourth-order valence-corrected chi connectivity index (χ4v) is 4.72. The number of hydrogen-bond acceptors (Lipinski definition) is 6.